The Labute approximate surface area is 80.2 Å². The molecule has 3 nitrogen and oxygen atoms in total. The normalized spacial score (nSPS) is 13.5. The van der Waals surface area contributed by atoms with Crippen LogP contribution >= 0.6 is 12.4 Å². The number of carbonyl (C=O) groups excluding carboxylic acids is 2. The van der Waals surface area contributed by atoms with Crippen molar-refractivity contribution in [1.82, 2.24) is 0 Å². The molecule has 1 aromatic rings. The number of benzene rings is 1. The molecule has 1 aliphatic heterocycles. The molecule has 0 N–H and O–H groups in total. The Kier molecular flexibility index (Phi) is 2.58. The summed E-state index contributed by atoms with van der Waals surface area (Å²) >= 11 is 0. The minimum absolute atomic E-state index is 0. The lowest BCUT2D eigenvalue weighted by Crippen LogP contribution is -2.33. The van der Waals surface area contributed by atoms with Crippen molar-refractivity contribution in [3.05, 3.63) is 34.8 Å². The van der Waals surface area contributed by atoms with Gasteiger partial charge in [0.2, 0.25) is 5.78 Å². The van der Waals surface area contributed by atoms with Gasteiger partial charge in [0.1, 0.15) is 0 Å². The third kappa shape index (κ3) is 1.65. The number of halogens is 1. The van der Waals surface area contributed by atoms with Crippen LogP contribution in [0.3, 0.4) is 0 Å². The number of ketones is 1. The summed E-state index contributed by atoms with van der Waals surface area (Å²) in [4.78, 5) is 25.3. The largest absolute Gasteiger partial charge is 0.317 e. The van der Waals surface area contributed by atoms with E-state index >= 15 is 0 Å². The number of para-hydroxylation sites is 1. The molecule has 0 unspecified atom stereocenters. The van der Waals surface area contributed by atoms with Crippen LogP contribution in [0.2, 0.25) is 0 Å². The Morgan fingerprint density at radius 1 is 1.08 bits per heavy atom. The molecule has 0 atom stereocenters. The maximum absolute atomic E-state index is 10.9. The van der Waals surface area contributed by atoms with E-state index in [0.717, 1.165) is 0 Å². The van der Waals surface area contributed by atoms with E-state index in [4.69, 9.17) is 0 Å². The van der Waals surface area contributed by atoms with Gasteiger partial charge in [-0.3, -0.25) is 9.59 Å². The van der Waals surface area contributed by atoms with Gasteiger partial charge in [0.05, 0.1) is 5.36 Å². The Morgan fingerprint density at radius 3 is 2.54 bits per heavy atom. The van der Waals surface area contributed by atoms with Gasteiger partial charge in [-0.05, 0) is 6.07 Å². The van der Waals surface area contributed by atoms with E-state index in [9.17, 15) is 9.59 Å². The minimum Gasteiger partial charge on any atom is -0.284 e. The van der Waals surface area contributed by atoms with Crippen molar-refractivity contribution >= 4 is 30.2 Å². The molecule has 0 aromatic heterocycles. The Balaban J connectivity index is 0.000000845. The van der Waals surface area contributed by atoms with Crippen molar-refractivity contribution in [2.45, 2.75) is 0 Å². The van der Waals surface area contributed by atoms with E-state index in [1.54, 1.807) is 24.3 Å². The molecule has 0 aliphatic carbocycles. The van der Waals surface area contributed by atoms with Crippen molar-refractivity contribution in [3.8, 4) is 0 Å². The predicted octanol–water partition coefficient (Wildman–Crippen LogP) is -0.382. The second-order valence-electron chi connectivity index (χ2n) is 2.48. The maximum Gasteiger partial charge on any atom is 0.317 e. The molecule has 1 heterocycles. The highest BCUT2D eigenvalue weighted by Crippen LogP contribution is 1.84. The van der Waals surface area contributed by atoms with Gasteiger partial charge in [0.15, 0.2) is 0 Å². The van der Waals surface area contributed by atoms with Gasteiger partial charge in [-0.2, -0.15) is 0 Å². The molecular formula is C9H6ClNO2. The van der Waals surface area contributed by atoms with Gasteiger partial charge in [0, 0.05) is 11.3 Å². The van der Waals surface area contributed by atoms with E-state index in [0.29, 0.717) is 10.6 Å². The molecule has 0 bridgehead atoms. The maximum atomic E-state index is 10.9. The summed E-state index contributed by atoms with van der Waals surface area (Å²) in [5.41, 5.74) is 0. The van der Waals surface area contributed by atoms with Crippen molar-refractivity contribution in [1.29, 1.82) is 0 Å². The minimum atomic E-state index is -0.686. The van der Waals surface area contributed by atoms with Crippen molar-refractivity contribution in [3.63, 3.8) is 0 Å². The summed E-state index contributed by atoms with van der Waals surface area (Å²) in [6.07, 6.45) is 1.31. The van der Waals surface area contributed by atoms with Crippen molar-refractivity contribution < 1.29 is 9.59 Å². The SMILES string of the molecule is Cl.O=C1C=c2ccccc2=NC1=O. The van der Waals surface area contributed by atoms with Crippen LogP contribution in [0.5, 0.6) is 0 Å². The fraction of sp³-hybridized carbons (Fsp3) is 0. The zero-order chi connectivity index (χ0) is 8.55. The quantitative estimate of drug-likeness (QED) is 0.530. The zero-order valence-electron chi connectivity index (χ0n) is 6.56. The highest BCUT2D eigenvalue weighted by Gasteiger charge is 2.11. The average molecular weight is 196 g/mol. The molecule has 2 rings (SSSR count). The number of amides is 1. The lowest BCUT2D eigenvalue weighted by Gasteiger charge is -1.95. The van der Waals surface area contributed by atoms with E-state index in [1.807, 2.05) is 0 Å². The highest BCUT2D eigenvalue weighted by molar-refractivity contribution is 6.48. The smallest absolute Gasteiger partial charge is 0.284 e. The Bertz CT molecular complexity index is 434. The third-order valence-electron chi connectivity index (χ3n) is 1.66. The fourth-order valence-corrected chi connectivity index (χ4v) is 1.08. The van der Waals surface area contributed by atoms with Gasteiger partial charge in [0.25, 0.3) is 0 Å². The van der Waals surface area contributed by atoms with Crippen LogP contribution in [0.4, 0.5) is 0 Å². The molecule has 0 radical (unpaired) electrons. The zero-order valence-corrected chi connectivity index (χ0v) is 7.38. The van der Waals surface area contributed by atoms with Crippen LogP contribution in [0.15, 0.2) is 29.3 Å². The number of rotatable bonds is 0. The second-order valence-corrected chi connectivity index (χ2v) is 2.48. The fourth-order valence-electron chi connectivity index (χ4n) is 1.08. The predicted molar refractivity (Wildman–Crippen MR) is 49.0 cm³/mol. The summed E-state index contributed by atoms with van der Waals surface area (Å²) in [6.45, 7) is 0. The topological polar surface area (TPSA) is 46.5 Å². The second kappa shape index (κ2) is 3.49. The van der Waals surface area contributed by atoms with Gasteiger partial charge in [-0.1, -0.05) is 18.2 Å². The number of fused-ring (bicyclic) bond motifs is 1. The molecule has 0 saturated carbocycles. The van der Waals surface area contributed by atoms with Crippen LogP contribution in [-0.2, 0) is 9.59 Å². The first-order chi connectivity index (χ1) is 5.77. The number of carbonyl (C=O) groups is 2. The summed E-state index contributed by atoms with van der Waals surface area (Å²) in [5.74, 6) is -1.23. The first-order valence-electron chi connectivity index (χ1n) is 3.51. The van der Waals surface area contributed by atoms with Crippen LogP contribution < -0.4 is 10.6 Å². The van der Waals surface area contributed by atoms with Gasteiger partial charge in [-0.15, -0.1) is 12.4 Å². The lowest BCUT2D eigenvalue weighted by atomic mass is 10.2. The summed E-state index contributed by atoms with van der Waals surface area (Å²) in [7, 11) is 0. The molecule has 1 aromatic carbocycles. The van der Waals surface area contributed by atoms with Gasteiger partial charge in [-0.25, -0.2) is 4.99 Å². The number of Topliss-reactive ketones (excluding diaryl/α,β-unsaturated/α-hetero) is 1. The lowest BCUT2D eigenvalue weighted by molar-refractivity contribution is -0.132. The molecule has 1 amide bonds. The number of nitrogens with zero attached hydrogens (tertiary/aromatic N) is 1. The molecule has 66 valence electrons. The molecule has 1 aliphatic rings. The van der Waals surface area contributed by atoms with Crippen LogP contribution in [0.25, 0.3) is 6.08 Å². The standard InChI is InChI=1S/C9H5NO2.ClH/c11-8-5-6-3-1-2-4-7(6)10-9(8)12;/h1-5H;1H. The molecule has 0 fully saturated rings. The van der Waals surface area contributed by atoms with E-state index in [-0.39, 0.29) is 12.4 Å². The Hall–Kier alpha value is -1.48. The molecule has 0 saturated heterocycles. The molecule has 4 heteroatoms. The molecule has 13 heavy (non-hydrogen) atoms. The number of hydrogen-bond acceptors (Lipinski definition) is 2. The van der Waals surface area contributed by atoms with Gasteiger partial charge >= 0.3 is 5.91 Å². The van der Waals surface area contributed by atoms with Crippen molar-refractivity contribution in [2.24, 2.45) is 4.99 Å². The van der Waals surface area contributed by atoms with Gasteiger partial charge < -0.3 is 0 Å². The van der Waals surface area contributed by atoms with E-state index in [2.05, 4.69) is 4.99 Å². The summed E-state index contributed by atoms with van der Waals surface area (Å²) in [6, 6.07) is 7.03. The third-order valence-corrected chi connectivity index (χ3v) is 1.66. The number of hydrogen-bond donors (Lipinski definition) is 0. The van der Waals surface area contributed by atoms with Crippen LogP contribution in [-0.4, -0.2) is 11.7 Å². The van der Waals surface area contributed by atoms with Crippen LogP contribution in [0, 0.1) is 0 Å². The summed E-state index contributed by atoms with van der Waals surface area (Å²) < 4.78 is 0. The first kappa shape index (κ1) is 9.61. The monoisotopic (exact) mass is 195 g/mol. The van der Waals surface area contributed by atoms with Crippen LogP contribution in [0.1, 0.15) is 0 Å². The summed E-state index contributed by atoms with van der Waals surface area (Å²) in [5, 5.41) is 1.28. The van der Waals surface area contributed by atoms with Crippen molar-refractivity contribution in [2.75, 3.05) is 0 Å². The first-order valence-corrected chi connectivity index (χ1v) is 3.51. The average Bonchev–Trinajstić information content (AvgIpc) is 2.07. The Morgan fingerprint density at radius 2 is 1.77 bits per heavy atom. The molecular weight excluding hydrogens is 190 g/mol. The highest BCUT2D eigenvalue weighted by atomic mass is 35.5. The van der Waals surface area contributed by atoms with E-state index < -0.39 is 11.7 Å². The molecule has 0 spiro atoms. The van der Waals surface area contributed by atoms with E-state index in [1.165, 1.54) is 6.08 Å².